The maximum atomic E-state index is 10.7. The Balaban J connectivity index is 3.44. The van der Waals surface area contributed by atoms with E-state index >= 15 is 0 Å². The minimum atomic E-state index is -4.55. The second-order valence-electron chi connectivity index (χ2n) is 2.26. The summed E-state index contributed by atoms with van der Waals surface area (Å²) in [6.45, 7) is 0. The van der Waals surface area contributed by atoms with Crippen LogP contribution in [-0.2, 0) is 10.1 Å². The number of hydrogen-bond acceptors (Lipinski definition) is 4. The fraction of sp³-hybridized carbons (Fsp3) is 0. The Morgan fingerprint density at radius 2 is 2.14 bits per heavy atom. The lowest BCUT2D eigenvalue weighted by atomic mass is 10.3. The van der Waals surface area contributed by atoms with Crippen molar-refractivity contribution in [2.75, 3.05) is 0 Å². The van der Waals surface area contributed by atoms with E-state index in [-0.39, 0.29) is 5.02 Å². The van der Waals surface area contributed by atoms with Crippen LogP contribution in [0.15, 0.2) is 17.0 Å². The Labute approximate surface area is 84.0 Å². The van der Waals surface area contributed by atoms with Gasteiger partial charge in [0.05, 0.1) is 16.0 Å². The van der Waals surface area contributed by atoms with Crippen LogP contribution in [0.25, 0.3) is 0 Å². The quantitative estimate of drug-likeness (QED) is 0.474. The summed E-state index contributed by atoms with van der Waals surface area (Å²) in [6.07, 6.45) is 0. The lowest BCUT2D eigenvalue weighted by molar-refractivity contribution is -0.385. The van der Waals surface area contributed by atoms with Crippen molar-refractivity contribution >= 4 is 27.4 Å². The van der Waals surface area contributed by atoms with Gasteiger partial charge in [-0.05, 0) is 6.07 Å². The van der Waals surface area contributed by atoms with E-state index in [9.17, 15) is 18.5 Å². The van der Waals surface area contributed by atoms with Crippen LogP contribution < -0.4 is 0 Å². The molecular weight excluding hydrogens is 234 g/mol. The molecule has 0 saturated carbocycles. The molecule has 1 aromatic rings. The minimum Gasteiger partial charge on any atom is -0.282 e. The van der Waals surface area contributed by atoms with Gasteiger partial charge in [-0.1, -0.05) is 11.6 Å². The Bertz CT molecular complexity index is 483. The van der Waals surface area contributed by atoms with Gasteiger partial charge >= 0.3 is 0 Å². The smallest absolute Gasteiger partial charge is 0.282 e. The van der Waals surface area contributed by atoms with Crippen molar-refractivity contribution < 1.29 is 17.9 Å². The molecule has 0 atom stereocenters. The van der Waals surface area contributed by atoms with E-state index in [2.05, 4.69) is 6.07 Å². The topological polar surface area (TPSA) is 97.5 Å². The number of nitro groups is 1. The van der Waals surface area contributed by atoms with Crippen LogP contribution >= 0.6 is 11.6 Å². The molecule has 1 aromatic carbocycles. The van der Waals surface area contributed by atoms with Crippen molar-refractivity contribution in [2.24, 2.45) is 0 Å². The highest BCUT2D eigenvalue weighted by molar-refractivity contribution is 7.86. The van der Waals surface area contributed by atoms with E-state index in [0.717, 1.165) is 6.07 Å². The lowest BCUT2D eigenvalue weighted by Gasteiger charge is -1.98. The number of benzene rings is 1. The zero-order chi connectivity index (χ0) is 10.9. The summed E-state index contributed by atoms with van der Waals surface area (Å²) in [5, 5.41) is 9.92. The monoisotopic (exact) mass is 236 g/mol. The molecule has 0 fully saturated rings. The zero-order valence-electron chi connectivity index (χ0n) is 6.47. The van der Waals surface area contributed by atoms with E-state index < -0.39 is 25.6 Å². The number of halogens is 1. The molecule has 0 aliphatic heterocycles. The van der Waals surface area contributed by atoms with Crippen LogP contribution in [0.5, 0.6) is 0 Å². The summed E-state index contributed by atoms with van der Waals surface area (Å²) in [5.41, 5.74) is -0.581. The largest absolute Gasteiger partial charge is 0.296 e. The molecule has 1 rings (SSSR count). The SMILES string of the molecule is O=[N+]([O-])c1[c]cc(Cl)c(S(=O)(=O)O)c1. The normalized spacial score (nSPS) is 11.3. The molecule has 0 heterocycles. The van der Waals surface area contributed by atoms with Gasteiger partial charge in [-0.3, -0.25) is 14.7 Å². The predicted molar refractivity (Wildman–Crippen MR) is 46.8 cm³/mol. The minimum absolute atomic E-state index is 0.321. The summed E-state index contributed by atoms with van der Waals surface area (Å²) < 4.78 is 30.0. The molecule has 0 aliphatic carbocycles. The molecule has 0 aromatic heterocycles. The highest BCUT2D eigenvalue weighted by Crippen LogP contribution is 2.25. The van der Waals surface area contributed by atoms with Gasteiger partial charge in [0.2, 0.25) is 0 Å². The summed E-state index contributed by atoms with van der Waals surface area (Å²) in [6, 6.07) is 3.68. The van der Waals surface area contributed by atoms with Gasteiger partial charge in [0.25, 0.3) is 15.8 Å². The van der Waals surface area contributed by atoms with E-state index in [1.807, 2.05) is 0 Å². The van der Waals surface area contributed by atoms with Crippen LogP contribution in [0, 0.1) is 16.2 Å². The lowest BCUT2D eigenvalue weighted by Crippen LogP contribution is -2.00. The fourth-order valence-electron chi connectivity index (χ4n) is 0.746. The van der Waals surface area contributed by atoms with Crippen LogP contribution in [-0.4, -0.2) is 17.9 Å². The van der Waals surface area contributed by atoms with E-state index in [4.69, 9.17) is 16.2 Å². The first kappa shape index (κ1) is 10.9. The molecule has 75 valence electrons. The van der Waals surface area contributed by atoms with E-state index in [1.165, 1.54) is 0 Å². The molecule has 0 aliphatic rings. The van der Waals surface area contributed by atoms with Gasteiger partial charge in [0, 0.05) is 6.07 Å². The summed E-state index contributed by atoms with van der Waals surface area (Å²) in [7, 11) is -4.55. The average molecular weight is 237 g/mol. The van der Waals surface area contributed by atoms with Gasteiger partial charge < -0.3 is 0 Å². The molecule has 0 bridgehead atoms. The van der Waals surface area contributed by atoms with Gasteiger partial charge in [0.1, 0.15) is 4.90 Å². The Morgan fingerprint density at radius 3 is 2.57 bits per heavy atom. The van der Waals surface area contributed by atoms with Crippen molar-refractivity contribution in [3.8, 4) is 0 Å². The van der Waals surface area contributed by atoms with Crippen molar-refractivity contribution in [2.45, 2.75) is 4.90 Å². The maximum Gasteiger partial charge on any atom is 0.296 e. The highest BCUT2D eigenvalue weighted by Gasteiger charge is 2.19. The van der Waals surface area contributed by atoms with Crippen molar-refractivity contribution in [1.82, 2.24) is 0 Å². The van der Waals surface area contributed by atoms with Crippen molar-refractivity contribution in [1.29, 1.82) is 0 Å². The van der Waals surface area contributed by atoms with Gasteiger partial charge in [-0.15, -0.1) is 0 Å². The Kier molecular flexibility index (Phi) is 2.74. The molecule has 14 heavy (non-hydrogen) atoms. The van der Waals surface area contributed by atoms with Crippen molar-refractivity contribution in [3.05, 3.63) is 33.3 Å². The van der Waals surface area contributed by atoms with Gasteiger partial charge in [0.15, 0.2) is 0 Å². The summed E-state index contributed by atoms with van der Waals surface area (Å²) >= 11 is 5.39. The molecule has 6 nitrogen and oxygen atoms in total. The average Bonchev–Trinajstić information content (AvgIpc) is 2.02. The van der Waals surface area contributed by atoms with Crippen LogP contribution in [0.2, 0.25) is 5.02 Å². The van der Waals surface area contributed by atoms with Crippen LogP contribution in [0.1, 0.15) is 0 Å². The number of nitro benzene ring substituents is 1. The molecule has 8 heteroatoms. The predicted octanol–water partition coefficient (Wildman–Crippen LogP) is 1.30. The zero-order valence-corrected chi connectivity index (χ0v) is 8.04. The van der Waals surface area contributed by atoms with Gasteiger partial charge in [-0.2, -0.15) is 8.42 Å². The second kappa shape index (κ2) is 3.52. The van der Waals surface area contributed by atoms with Crippen molar-refractivity contribution in [3.63, 3.8) is 0 Å². The van der Waals surface area contributed by atoms with E-state index in [1.54, 1.807) is 0 Å². The number of nitrogens with zero attached hydrogens (tertiary/aromatic N) is 1. The van der Waals surface area contributed by atoms with E-state index in [0.29, 0.717) is 6.07 Å². The van der Waals surface area contributed by atoms with Crippen LogP contribution in [0.4, 0.5) is 5.69 Å². The number of non-ortho nitro benzene ring substituents is 1. The fourth-order valence-corrected chi connectivity index (χ4v) is 1.71. The first-order valence-corrected chi connectivity index (χ1v) is 4.97. The second-order valence-corrected chi connectivity index (χ2v) is 4.06. The first-order valence-electron chi connectivity index (χ1n) is 3.15. The standard InChI is InChI=1S/C6H3ClNO5S/c7-5-2-1-4(8(9)10)3-6(5)14(11,12)13/h2-3H,(H,11,12,13). The molecule has 0 unspecified atom stereocenters. The molecule has 1 radical (unpaired) electrons. The molecule has 0 amide bonds. The molecular formula is C6H3ClNO5S. The Morgan fingerprint density at radius 1 is 1.57 bits per heavy atom. The highest BCUT2D eigenvalue weighted by atomic mass is 35.5. The molecule has 1 N–H and O–H groups in total. The maximum absolute atomic E-state index is 10.7. The molecule has 0 spiro atoms. The third kappa shape index (κ3) is 2.19. The third-order valence-electron chi connectivity index (χ3n) is 1.32. The summed E-state index contributed by atoms with van der Waals surface area (Å²) in [4.78, 5) is 8.70. The number of rotatable bonds is 2. The first-order chi connectivity index (χ1) is 6.32. The number of hydrogen-bond donors (Lipinski definition) is 1. The molecule has 0 saturated heterocycles. The van der Waals surface area contributed by atoms with Gasteiger partial charge in [-0.25, -0.2) is 0 Å². The van der Waals surface area contributed by atoms with Crippen LogP contribution in [0.3, 0.4) is 0 Å². The summed E-state index contributed by atoms with van der Waals surface area (Å²) in [5.74, 6) is 0. The Hall–Kier alpha value is -1.18. The third-order valence-corrected chi connectivity index (χ3v) is 2.64.